The van der Waals surface area contributed by atoms with Crippen LogP contribution in [-0.4, -0.2) is 113 Å². The van der Waals surface area contributed by atoms with Crippen LogP contribution in [0.5, 0.6) is 5.75 Å². The molecule has 0 fully saturated rings. The molecule has 59 heavy (non-hydrogen) atoms. The van der Waals surface area contributed by atoms with Gasteiger partial charge in [-0.1, -0.05) is 80.1 Å². The number of nitrogens with one attached hydrogen (secondary N) is 1. The second-order valence-corrected chi connectivity index (χ2v) is 19.2. The molecule has 1 aromatic rings. The van der Waals surface area contributed by atoms with Crippen molar-refractivity contribution in [1.82, 2.24) is 0 Å². The van der Waals surface area contributed by atoms with Crippen LogP contribution in [0.3, 0.4) is 0 Å². The first-order chi connectivity index (χ1) is 28.3. The molecule has 0 aliphatic heterocycles. The van der Waals surface area contributed by atoms with E-state index >= 15 is 0 Å². The van der Waals surface area contributed by atoms with Crippen molar-refractivity contribution in [2.75, 3.05) is 79.2 Å². The van der Waals surface area contributed by atoms with Gasteiger partial charge < -0.3 is 20.1 Å². The number of ether oxygens (including phenoxy) is 1. The topological polar surface area (TPSA) is 209 Å². The van der Waals surface area contributed by atoms with Crippen LogP contribution in [-0.2, 0) is 54.4 Å². The second-order valence-electron chi connectivity index (χ2n) is 14.2. The second kappa shape index (κ2) is 33.7. The molecule has 0 saturated heterocycles. The summed E-state index contributed by atoms with van der Waals surface area (Å²) < 4.78 is 95.0. The van der Waals surface area contributed by atoms with Crippen molar-refractivity contribution >= 4 is 29.2 Å². The summed E-state index contributed by atoms with van der Waals surface area (Å²) in [6.45, 7) is 11.6. The number of hydrogen-bond acceptors (Lipinski definition) is 16. The average Bonchev–Trinajstić information content (AvgIpc) is 3.21. The summed E-state index contributed by atoms with van der Waals surface area (Å²) in [5, 5.41) is 32.9. The number of phosphoric ester groups is 3. The lowest BCUT2D eigenvalue weighted by atomic mass is 10.2. The Morgan fingerprint density at radius 2 is 0.729 bits per heavy atom. The lowest BCUT2D eigenvalue weighted by molar-refractivity contribution is -0.840. The molecule has 0 saturated carbocycles. The molecule has 348 valence electrons. The van der Waals surface area contributed by atoms with E-state index in [9.17, 15) is 29.0 Å². The number of phosphoric acid groups is 3. The standard InChI is InChI=1S/C39H76NO16P3/c1-7-13-23-48-57(44,49-24-14-8-2)54-32-36(41)29-40(30-37(42)33-55-58(45,50-25-15-9-3)51-26-16-10-4)35-19-21-39(22-20-35)47-31-38(43)34-56-59(46,52-27-17-11-5)53-28-18-12-6/h19-22,36-38,41-43H,7-18,23-34H2,1-6H3/p+1. The van der Waals surface area contributed by atoms with Gasteiger partial charge in [-0.2, -0.15) is 0 Å². The Kier molecular flexibility index (Phi) is 32.1. The molecule has 20 heteroatoms. The van der Waals surface area contributed by atoms with Crippen molar-refractivity contribution in [2.45, 2.75) is 137 Å². The molecule has 0 radical (unpaired) electrons. The SMILES string of the molecule is CCCCOP(=O)(OCCCC)OCC(O)COc1ccc([NH+](CC(O)COP(=O)(OCCCC)OCCCC)CC(O)COP(=O)(OCCCC)OCCCC)cc1. The summed E-state index contributed by atoms with van der Waals surface area (Å²) in [6.07, 6.45) is 5.41. The molecule has 1 rings (SSSR count). The number of quaternary nitrogens is 1. The first kappa shape index (κ1) is 56.2. The molecule has 0 heterocycles. The molecule has 3 unspecified atom stereocenters. The van der Waals surface area contributed by atoms with Crippen molar-refractivity contribution < 1.29 is 79.4 Å². The van der Waals surface area contributed by atoms with Gasteiger partial charge in [-0.05, 0) is 50.7 Å². The van der Waals surface area contributed by atoms with Gasteiger partial charge in [0.1, 0.15) is 49.4 Å². The predicted molar refractivity (Wildman–Crippen MR) is 226 cm³/mol. The van der Waals surface area contributed by atoms with Crippen molar-refractivity contribution in [3.63, 3.8) is 0 Å². The van der Waals surface area contributed by atoms with Crippen LogP contribution in [0.4, 0.5) is 5.69 Å². The van der Waals surface area contributed by atoms with E-state index in [4.69, 9.17) is 45.5 Å². The Labute approximate surface area is 353 Å². The van der Waals surface area contributed by atoms with E-state index in [0.29, 0.717) is 54.9 Å². The zero-order valence-corrected chi connectivity index (χ0v) is 39.2. The highest BCUT2D eigenvalue weighted by molar-refractivity contribution is 7.49. The Morgan fingerprint density at radius 3 is 1.02 bits per heavy atom. The number of aliphatic hydroxyl groups excluding tert-OH is 3. The molecule has 0 bridgehead atoms. The minimum Gasteiger partial charge on any atom is -0.491 e. The van der Waals surface area contributed by atoms with Crippen LogP contribution in [0.1, 0.15) is 119 Å². The van der Waals surface area contributed by atoms with Crippen LogP contribution < -0.4 is 9.64 Å². The molecule has 0 aliphatic rings. The van der Waals surface area contributed by atoms with E-state index < -0.39 is 41.8 Å². The zero-order valence-electron chi connectivity index (χ0n) is 36.5. The Hall–Kier alpha value is -0.810. The number of aliphatic hydroxyl groups is 3. The van der Waals surface area contributed by atoms with Crippen molar-refractivity contribution in [3.8, 4) is 5.75 Å². The molecular weight excluding hydrogens is 831 g/mol. The maximum atomic E-state index is 13.4. The highest BCUT2D eigenvalue weighted by Crippen LogP contribution is 2.51. The van der Waals surface area contributed by atoms with E-state index in [2.05, 4.69) is 0 Å². The minimum absolute atomic E-state index is 0.0182. The lowest BCUT2D eigenvalue weighted by Crippen LogP contribution is -3.09. The highest BCUT2D eigenvalue weighted by atomic mass is 31.2. The van der Waals surface area contributed by atoms with Crippen LogP contribution in [0.2, 0.25) is 0 Å². The van der Waals surface area contributed by atoms with E-state index in [1.54, 1.807) is 24.3 Å². The summed E-state index contributed by atoms with van der Waals surface area (Å²) in [5.74, 6) is 0.394. The molecule has 17 nitrogen and oxygen atoms in total. The third-order valence-electron chi connectivity index (χ3n) is 8.43. The van der Waals surface area contributed by atoms with Crippen LogP contribution in [0.25, 0.3) is 0 Å². The highest BCUT2D eigenvalue weighted by Gasteiger charge is 2.32. The van der Waals surface area contributed by atoms with Gasteiger partial charge in [-0.15, -0.1) is 0 Å². The summed E-state index contributed by atoms with van der Waals surface area (Å²) >= 11 is 0. The number of benzene rings is 1. The molecule has 4 N–H and O–H groups in total. The van der Waals surface area contributed by atoms with Gasteiger partial charge in [0.2, 0.25) is 0 Å². The fraction of sp³-hybridized carbons (Fsp3) is 0.846. The molecule has 0 spiro atoms. The van der Waals surface area contributed by atoms with Crippen molar-refractivity contribution in [2.24, 2.45) is 0 Å². The molecule has 3 atom stereocenters. The Bertz CT molecular complexity index is 1220. The van der Waals surface area contributed by atoms with E-state index in [1.807, 2.05) is 41.5 Å². The first-order valence-corrected chi connectivity index (χ1v) is 25.9. The molecule has 1 aromatic carbocycles. The first-order valence-electron chi connectivity index (χ1n) is 21.5. The lowest BCUT2D eigenvalue weighted by Gasteiger charge is -2.26. The predicted octanol–water partition coefficient (Wildman–Crippen LogP) is 7.94. The monoisotopic (exact) mass is 908 g/mol. The number of unbranched alkanes of at least 4 members (excludes halogenated alkanes) is 6. The zero-order chi connectivity index (χ0) is 43.8. The van der Waals surface area contributed by atoms with E-state index in [-0.39, 0.29) is 79.2 Å². The fourth-order valence-corrected chi connectivity index (χ4v) is 8.68. The summed E-state index contributed by atoms with van der Waals surface area (Å²) in [4.78, 5) is 0.571. The van der Waals surface area contributed by atoms with Gasteiger partial charge in [-0.25, -0.2) is 13.7 Å². The van der Waals surface area contributed by atoms with Crippen LogP contribution in [0, 0.1) is 0 Å². The van der Waals surface area contributed by atoms with Gasteiger partial charge in [0.25, 0.3) is 0 Å². The smallest absolute Gasteiger partial charge is 0.474 e. The number of rotatable bonds is 41. The summed E-state index contributed by atoms with van der Waals surface area (Å²) in [7, 11) is -11.8. The Balaban J connectivity index is 3.10. The Morgan fingerprint density at radius 1 is 0.441 bits per heavy atom. The van der Waals surface area contributed by atoms with Crippen molar-refractivity contribution in [3.05, 3.63) is 24.3 Å². The van der Waals surface area contributed by atoms with E-state index in [0.717, 1.165) is 38.5 Å². The fourth-order valence-electron chi connectivity index (χ4n) is 4.82. The van der Waals surface area contributed by atoms with Crippen LogP contribution >= 0.6 is 23.5 Å². The summed E-state index contributed by atoms with van der Waals surface area (Å²) in [6, 6.07) is 6.72. The number of hydrogen-bond donors (Lipinski definition) is 4. The minimum atomic E-state index is -3.95. The molecule has 0 aromatic heterocycles. The maximum Gasteiger partial charge on any atom is 0.474 e. The van der Waals surface area contributed by atoms with E-state index in [1.165, 1.54) is 0 Å². The van der Waals surface area contributed by atoms with Crippen molar-refractivity contribution in [1.29, 1.82) is 0 Å². The third kappa shape index (κ3) is 27.1. The quantitative estimate of drug-likeness (QED) is 0.0363. The van der Waals surface area contributed by atoms with Gasteiger partial charge in [0.05, 0.1) is 59.5 Å². The normalized spacial score (nSPS) is 14.7. The molecular formula is C39H77NO16P3+. The van der Waals surface area contributed by atoms with Crippen LogP contribution in [0.15, 0.2) is 24.3 Å². The van der Waals surface area contributed by atoms with Gasteiger partial charge >= 0.3 is 23.5 Å². The van der Waals surface area contributed by atoms with Gasteiger partial charge in [0, 0.05) is 12.1 Å². The molecule has 0 amide bonds. The largest absolute Gasteiger partial charge is 0.491 e. The average molecular weight is 909 g/mol. The molecule has 0 aliphatic carbocycles. The third-order valence-corrected chi connectivity index (χ3v) is 12.8. The van der Waals surface area contributed by atoms with Gasteiger partial charge in [0.15, 0.2) is 0 Å². The van der Waals surface area contributed by atoms with Gasteiger partial charge in [-0.3, -0.25) is 45.6 Å². The maximum absolute atomic E-state index is 13.4. The summed E-state index contributed by atoms with van der Waals surface area (Å²) in [5.41, 5.74) is 0.622.